The smallest absolute Gasteiger partial charge is 0.173 e. The van der Waals surface area contributed by atoms with E-state index in [0.717, 1.165) is 57.5 Å². The number of benzene rings is 2. The zero-order chi connectivity index (χ0) is 22.6. The van der Waals surface area contributed by atoms with E-state index in [-0.39, 0.29) is 29.7 Å². The Hall–Kier alpha value is -2.70. The van der Waals surface area contributed by atoms with Gasteiger partial charge in [0.25, 0.3) is 0 Å². The lowest BCUT2D eigenvalue weighted by atomic mass is 9.78. The summed E-state index contributed by atoms with van der Waals surface area (Å²) in [5.74, 6) is -0.0285. The summed E-state index contributed by atoms with van der Waals surface area (Å²) in [5.41, 5.74) is 2.30. The molecule has 2 aromatic rings. The second-order valence-electron chi connectivity index (χ2n) is 9.13. The molecule has 3 atom stereocenters. The van der Waals surface area contributed by atoms with Gasteiger partial charge in [-0.05, 0) is 30.5 Å². The number of Topliss-reactive ketones (excluding diaryl/α,β-unsaturated/α-hetero) is 1. The van der Waals surface area contributed by atoms with E-state index in [1.807, 2.05) is 42.5 Å². The summed E-state index contributed by atoms with van der Waals surface area (Å²) < 4.78 is 26.2. The standard InChI is InChI=1S/C27H31FN2O3/c28-24-8-4-5-9-25(24)30-14-12-29(13-15-30)16-17-32-21-10-11-22-26(18-21)33-19-23(27(22)31)20-6-2-1-3-7-20/h1-9,19,21-22,26H,10-18H2. The van der Waals surface area contributed by atoms with Crippen molar-refractivity contribution in [2.75, 3.05) is 44.2 Å². The molecule has 0 bridgehead atoms. The van der Waals surface area contributed by atoms with Gasteiger partial charge in [0, 0.05) is 39.1 Å². The summed E-state index contributed by atoms with van der Waals surface area (Å²) in [7, 11) is 0. The first-order chi connectivity index (χ1) is 16.2. The van der Waals surface area contributed by atoms with E-state index in [1.54, 1.807) is 12.3 Å². The largest absolute Gasteiger partial charge is 0.496 e. The lowest BCUT2D eigenvalue weighted by molar-refractivity contribution is -0.128. The lowest BCUT2D eigenvalue weighted by Gasteiger charge is -2.38. The van der Waals surface area contributed by atoms with E-state index in [1.165, 1.54) is 6.07 Å². The fourth-order valence-corrected chi connectivity index (χ4v) is 5.20. The molecule has 5 rings (SSSR count). The second kappa shape index (κ2) is 10.1. The molecule has 2 fully saturated rings. The highest BCUT2D eigenvalue weighted by molar-refractivity contribution is 6.22. The van der Waals surface area contributed by atoms with Crippen molar-refractivity contribution in [3.63, 3.8) is 0 Å². The van der Waals surface area contributed by atoms with Crippen molar-refractivity contribution in [2.24, 2.45) is 5.92 Å². The zero-order valence-corrected chi connectivity index (χ0v) is 18.9. The van der Waals surface area contributed by atoms with Gasteiger partial charge in [0.1, 0.15) is 11.9 Å². The minimum absolute atomic E-state index is 0.0727. The molecule has 0 N–H and O–H groups in total. The van der Waals surface area contributed by atoms with Crippen LogP contribution in [0.5, 0.6) is 0 Å². The molecule has 0 amide bonds. The molecule has 1 saturated heterocycles. The van der Waals surface area contributed by atoms with Crippen LogP contribution in [-0.4, -0.2) is 62.2 Å². The first-order valence-corrected chi connectivity index (χ1v) is 12.0. The molecule has 174 valence electrons. The van der Waals surface area contributed by atoms with Crippen molar-refractivity contribution in [3.05, 3.63) is 72.2 Å². The first-order valence-electron chi connectivity index (χ1n) is 12.0. The number of piperazine rings is 1. The summed E-state index contributed by atoms with van der Waals surface area (Å²) in [6.45, 7) is 4.98. The number of nitrogens with zero attached hydrogens (tertiary/aromatic N) is 2. The van der Waals surface area contributed by atoms with Gasteiger partial charge in [-0.25, -0.2) is 4.39 Å². The number of ketones is 1. The number of carbonyl (C=O) groups is 1. The van der Waals surface area contributed by atoms with Crippen molar-refractivity contribution in [1.82, 2.24) is 4.90 Å². The predicted molar refractivity (Wildman–Crippen MR) is 126 cm³/mol. The van der Waals surface area contributed by atoms with Gasteiger partial charge in [0.2, 0.25) is 0 Å². The van der Waals surface area contributed by atoms with Gasteiger partial charge in [-0.15, -0.1) is 0 Å². The minimum atomic E-state index is -0.154. The van der Waals surface area contributed by atoms with Crippen LogP contribution in [0.3, 0.4) is 0 Å². The molecule has 6 heteroatoms. The Labute approximate surface area is 194 Å². The molecule has 0 radical (unpaired) electrons. The van der Waals surface area contributed by atoms with E-state index in [2.05, 4.69) is 9.80 Å². The topological polar surface area (TPSA) is 42.0 Å². The van der Waals surface area contributed by atoms with E-state index >= 15 is 0 Å². The van der Waals surface area contributed by atoms with E-state index in [9.17, 15) is 9.18 Å². The highest BCUT2D eigenvalue weighted by Crippen LogP contribution is 2.37. The van der Waals surface area contributed by atoms with Crippen LogP contribution in [0.1, 0.15) is 24.8 Å². The Morgan fingerprint density at radius 2 is 1.73 bits per heavy atom. The number of halogens is 1. The van der Waals surface area contributed by atoms with E-state index in [4.69, 9.17) is 9.47 Å². The molecule has 1 aliphatic carbocycles. The quantitative estimate of drug-likeness (QED) is 0.662. The summed E-state index contributed by atoms with van der Waals surface area (Å²) in [6.07, 6.45) is 4.14. The fraction of sp³-hybridized carbons (Fsp3) is 0.444. The van der Waals surface area contributed by atoms with Crippen molar-refractivity contribution in [2.45, 2.75) is 31.5 Å². The molecule has 1 saturated carbocycles. The number of ether oxygens (including phenoxy) is 2. The maximum Gasteiger partial charge on any atom is 0.173 e. The third-order valence-electron chi connectivity index (χ3n) is 7.12. The molecule has 33 heavy (non-hydrogen) atoms. The number of carbonyl (C=O) groups excluding carboxylic acids is 1. The maximum absolute atomic E-state index is 14.0. The normalized spacial score (nSPS) is 25.8. The molecular formula is C27H31FN2O3. The van der Waals surface area contributed by atoms with E-state index < -0.39 is 0 Å². The Morgan fingerprint density at radius 3 is 2.52 bits per heavy atom. The second-order valence-corrected chi connectivity index (χ2v) is 9.13. The number of fused-ring (bicyclic) bond motifs is 1. The molecule has 3 unspecified atom stereocenters. The molecule has 3 aliphatic rings. The highest BCUT2D eigenvalue weighted by atomic mass is 19.1. The van der Waals surface area contributed by atoms with Gasteiger partial charge in [0.05, 0.1) is 36.2 Å². The van der Waals surface area contributed by atoms with Gasteiger partial charge in [-0.2, -0.15) is 0 Å². The fourth-order valence-electron chi connectivity index (χ4n) is 5.20. The Kier molecular flexibility index (Phi) is 6.74. The Bertz CT molecular complexity index is 988. The van der Waals surface area contributed by atoms with Gasteiger partial charge >= 0.3 is 0 Å². The number of allylic oxidation sites excluding steroid dienone is 1. The average Bonchev–Trinajstić information content (AvgIpc) is 2.86. The molecule has 2 aliphatic heterocycles. The number of hydrogen-bond donors (Lipinski definition) is 0. The van der Waals surface area contributed by atoms with Crippen molar-refractivity contribution < 1.29 is 18.7 Å². The molecule has 2 heterocycles. The monoisotopic (exact) mass is 450 g/mol. The first kappa shape index (κ1) is 22.1. The van der Waals surface area contributed by atoms with Crippen LogP contribution < -0.4 is 4.90 Å². The van der Waals surface area contributed by atoms with Crippen LogP contribution in [-0.2, 0) is 14.3 Å². The maximum atomic E-state index is 14.0. The number of rotatable bonds is 6. The number of para-hydroxylation sites is 1. The van der Waals surface area contributed by atoms with Crippen LogP contribution in [0.25, 0.3) is 5.57 Å². The molecule has 5 nitrogen and oxygen atoms in total. The molecular weight excluding hydrogens is 419 g/mol. The average molecular weight is 451 g/mol. The summed E-state index contributed by atoms with van der Waals surface area (Å²) in [6, 6.07) is 16.7. The van der Waals surface area contributed by atoms with Gasteiger partial charge in [-0.1, -0.05) is 42.5 Å². The van der Waals surface area contributed by atoms with Crippen molar-refractivity contribution in [3.8, 4) is 0 Å². The van der Waals surface area contributed by atoms with Crippen LogP contribution in [0, 0.1) is 11.7 Å². The van der Waals surface area contributed by atoms with Gasteiger partial charge < -0.3 is 14.4 Å². The van der Waals surface area contributed by atoms with Crippen LogP contribution in [0.15, 0.2) is 60.9 Å². The summed E-state index contributed by atoms with van der Waals surface area (Å²) >= 11 is 0. The van der Waals surface area contributed by atoms with Gasteiger partial charge in [-0.3, -0.25) is 9.69 Å². The van der Waals surface area contributed by atoms with Crippen molar-refractivity contribution >= 4 is 17.0 Å². The Morgan fingerprint density at radius 1 is 0.970 bits per heavy atom. The molecule has 2 aromatic carbocycles. The molecule has 0 spiro atoms. The SMILES string of the molecule is O=C1C(c2ccccc2)=COC2CC(OCCN3CCN(c4ccccc4F)CC3)CCC12. The molecule has 0 aromatic heterocycles. The van der Waals surface area contributed by atoms with Crippen LogP contribution >= 0.6 is 0 Å². The predicted octanol–water partition coefficient (Wildman–Crippen LogP) is 4.14. The van der Waals surface area contributed by atoms with Crippen LogP contribution in [0.2, 0.25) is 0 Å². The Balaban J connectivity index is 1.06. The lowest BCUT2D eigenvalue weighted by Crippen LogP contribution is -2.48. The third-order valence-corrected chi connectivity index (χ3v) is 7.12. The highest BCUT2D eigenvalue weighted by Gasteiger charge is 2.40. The zero-order valence-electron chi connectivity index (χ0n) is 18.9. The van der Waals surface area contributed by atoms with Crippen LogP contribution in [0.4, 0.5) is 10.1 Å². The van der Waals surface area contributed by atoms with Gasteiger partial charge in [0.15, 0.2) is 5.78 Å². The summed E-state index contributed by atoms with van der Waals surface area (Å²) in [4.78, 5) is 17.5. The van der Waals surface area contributed by atoms with E-state index in [0.29, 0.717) is 17.9 Å². The van der Waals surface area contributed by atoms with Crippen molar-refractivity contribution in [1.29, 1.82) is 0 Å². The summed E-state index contributed by atoms with van der Waals surface area (Å²) in [5, 5.41) is 0. The minimum Gasteiger partial charge on any atom is -0.496 e. The number of hydrogen-bond acceptors (Lipinski definition) is 5. The third kappa shape index (κ3) is 4.97. The number of anilines is 1.